The first-order valence-electron chi connectivity index (χ1n) is 3.26. The molecule has 0 aliphatic carbocycles. The van der Waals surface area contributed by atoms with Crippen LogP contribution in [0.25, 0.3) is 0 Å². The van der Waals surface area contributed by atoms with Crippen LogP contribution in [-0.2, 0) is 0 Å². The first-order chi connectivity index (χ1) is 4.70. The van der Waals surface area contributed by atoms with Crippen LogP contribution in [-0.4, -0.2) is 0 Å². The standard InChI is InChI=1S/C9H10Cl/c1-7(2)8-4-3-5-9(10)6-8/h3-6H,1-2H3/q-1. The second-order valence-corrected chi connectivity index (χ2v) is 2.95. The Morgan fingerprint density at radius 1 is 1.30 bits per heavy atom. The van der Waals surface area contributed by atoms with Crippen molar-refractivity contribution in [2.24, 2.45) is 0 Å². The minimum Gasteiger partial charge on any atom is -0.188 e. The molecule has 0 saturated heterocycles. The van der Waals surface area contributed by atoms with Crippen molar-refractivity contribution < 1.29 is 0 Å². The molecule has 0 spiro atoms. The van der Waals surface area contributed by atoms with E-state index in [1.165, 1.54) is 11.5 Å². The molecule has 10 heavy (non-hydrogen) atoms. The van der Waals surface area contributed by atoms with E-state index in [1.807, 2.05) is 18.2 Å². The van der Waals surface area contributed by atoms with E-state index in [0.29, 0.717) is 0 Å². The van der Waals surface area contributed by atoms with Gasteiger partial charge in [0.1, 0.15) is 0 Å². The van der Waals surface area contributed by atoms with Crippen LogP contribution in [0, 0.1) is 5.92 Å². The van der Waals surface area contributed by atoms with Gasteiger partial charge in [-0.05, 0) is 5.02 Å². The molecule has 1 rings (SSSR count). The van der Waals surface area contributed by atoms with Crippen LogP contribution in [0.2, 0.25) is 5.02 Å². The highest BCUT2D eigenvalue weighted by molar-refractivity contribution is 6.30. The monoisotopic (exact) mass is 153 g/mol. The van der Waals surface area contributed by atoms with Crippen LogP contribution in [0.15, 0.2) is 24.3 Å². The lowest BCUT2D eigenvalue weighted by Crippen LogP contribution is -1.85. The zero-order chi connectivity index (χ0) is 7.56. The van der Waals surface area contributed by atoms with Gasteiger partial charge in [0.25, 0.3) is 0 Å². The van der Waals surface area contributed by atoms with Gasteiger partial charge in [-0.25, -0.2) is 0 Å². The summed E-state index contributed by atoms with van der Waals surface area (Å²) < 4.78 is 0. The quantitative estimate of drug-likeness (QED) is 0.543. The SMILES string of the molecule is C[C-](C)c1cccc(Cl)c1. The van der Waals surface area contributed by atoms with Crippen molar-refractivity contribution in [2.45, 2.75) is 13.8 Å². The van der Waals surface area contributed by atoms with Crippen molar-refractivity contribution in [2.75, 3.05) is 0 Å². The summed E-state index contributed by atoms with van der Waals surface area (Å²) in [5, 5.41) is 0.804. The predicted octanol–water partition coefficient (Wildman–Crippen LogP) is 3.30. The molecule has 54 valence electrons. The highest BCUT2D eigenvalue weighted by Crippen LogP contribution is 2.17. The van der Waals surface area contributed by atoms with Crippen molar-refractivity contribution in [3.63, 3.8) is 0 Å². The van der Waals surface area contributed by atoms with Crippen LogP contribution >= 0.6 is 11.6 Å². The van der Waals surface area contributed by atoms with Crippen molar-refractivity contribution in [3.05, 3.63) is 40.8 Å². The fourth-order valence-corrected chi connectivity index (χ4v) is 0.990. The molecule has 0 radical (unpaired) electrons. The lowest BCUT2D eigenvalue weighted by atomic mass is 10.0. The van der Waals surface area contributed by atoms with Gasteiger partial charge < -0.3 is 0 Å². The summed E-state index contributed by atoms with van der Waals surface area (Å²) in [6.07, 6.45) is 0. The highest BCUT2D eigenvalue weighted by Gasteiger charge is 1.86. The molecule has 0 heterocycles. The van der Waals surface area contributed by atoms with Gasteiger partial charge in [-0.2, -0.15) is 17.5 Å². The van der Waals surface area contributed by atoms with Crippen molar-refractivity contribution in [3.8, 4) is 0 Å². The summed E-state index contributed by atoms with van der Waals surface area (Å²) in [6, 6.07) is 7.87. The van der Waals surface area contributed by atoms with E-state index < -0.39 is 0 Å². The molecular weight excluding hydrogens is 144 g/mol. The Morgan fingerprint density at radius 2 is 2.00 bits per heavy atom. The summed E-state index contributed by atoms with van der Waals surface area (Å²) >= 11 is 5.78. The van der Waals surface area contributed by atoms with E-state index in [2.05, 4.69) is 19.9 Å². The van der Waals surface area contributed by atoms with Crippen LogP contribution in [0.4, 0.5) is 0 Å². The Kier molecular flexibility index (Phi) is 2.23. The van der Waals surface area contributed by atoms with Gasteiger partial charge in [-0.1, -0.05) is 31.5 Å². The Morgan fingerprint density at radius 3 is 2.40 bits per heavy atom. The molecule has 1 aromatic carbocycles. The summed E-state index contributed by atoms with van der Waals surface area (Å²) in [5.41, 5.74) is 1.22. The van der Waals surface area contributed by atoms with E-state index >= 15 is 0 Å². The molecule has 0 aliphatic heterocycles. The molecule has 0 saturated carbocycles. The number of rotatable bonds is 1. The maximum absolute atomic E-state index is 5.78. The van der Waals surface area contributed by atoms with Gasteiger partial charge >= 0.3 is 0 Å². The van der Waals surface area contributed by atoms with Gasteiger partial charge in [0.15, 0.2) is 0 Å². The average Bonchev–Trinajstić information content (AvgIpc) is 1.88. The zero-order valence-corrected chi connectivity index (χ0v) is 6.94. The molecule has 0 nitrogen and oxygen atoms in total. The maximum atomic E-state index is 5.78. The topological polar surface area (TPSA) is 0 Å². The molecule has 0 amide bonds. The predicted molar refractivity (Wildman–Crippen MR) is 45.1 cm³/mol. The van der Waals surface area contributed by atoms with Crippen molar-refractivity contribution in [1.82, 2.24) is 0 Å². The van der Waals surface area contributed by atoms with E-state index in [1.54, 1.807) is 0 Å². The summed E-state index contributed by atoms with van der Waals surface area (Å²) in [5.74, 6) is 1.29. The fourth-order valence-electron chi connectivity index (χ4n) is 0.799. The average molecular weight is 154 g/mol. The third kappa shape index (κ3) is 1.68. The number of benzene rings is 1. The van der Waals surface area contributed by atoms with Gasteiger partial charge in [-0.3, -0.25) is 0 Å². The van der Waals surface area contributed by atoms with E-state index in [0.717, 1.165) is 5.02 Å². The Balaban J connectivity index is 2.96. The van der Waals surface area contributed by atoms with Gasteiger partial charge in [0.05, 0.1) is 0 Å². The van der Waals surface area contributed by atoms with Crippen LogP contribution in [0.1, 0.15) is 19.4 Å². The maximum Gasteiger partial charge on any atom is -0.0149 e. The minimum atomic E-state index is 0.804. The lowest BCUT2D eigenvalue weighted by molar-refractivity contribution is 1.15. The molecule has 0 bridgehead atoms. The normalized spacial score (nSPS) is 9.50. The minimum absolute atomic E-state index is 0.804. The largest absolute Gasteiger partial charge is 0.188 e. The number of hydrogen-bond donors (Lipinski definition) is 0. The molecule has 0 unspecified atom stereocenters. The van der Waals surface area contributed by atoms with Gasteiger partial charge in [0.2, 0.25) is 0 Å². The van der Waals surface area contributed by atoms with Crippen molar-refractivity contribution in [1.29, 1.82) is 0 Å². The summed E-state index contributed by atoms with van der Waals surface area (Å²) in [4.78, 5) is 0. The molecule has 1 aromatic rings. The lowest BCUT2D eigenvalue weighted by Gasteiger charge is -2.14. The summed E-state index contributed by atoms with van der Waals surface area (Å²) in [6.45, 7) is 4.15. The fraction of sp³-hybridized carbons (Fsp3) is 0.222. The molecular formula is C9H10Cl-. The second kappa shape index (κ2) is 2.98. The molecule has 1 heteroatoms. The molecule has 0 fully saturated rings. The van der Waals surface area contributed by atoms with Gasteiger partial charge in [-0.15, -0.1) is 12.1 Å². The van der Waals surface area contributed by atoms with Gasteiger partial charge in [0, 0.05) is 0 Å². The first kappa shape index (κ1) is 7.49. The molecule has 0 N–H and O–H groups in total. The van der Waals surface area contributed by atoms with Crippen LogP contribution in [0.5, 0.6) is 0 Å². The smallest absolute Gasteiger partial charge is 0.0149 e. The third-order valence-corrected chi connectivity index (χ3v) is 1.64. The first-order valence-corrected chi connectivity index (χ1v) is 3.64. The number of halogens is 1. The van der Waals surface area contributed by atoms with Crippen molar-refractivity contribution >= 4 is 11.6 Å². The molecule has 0 atom stereocenters. The summed E-state index contributed by atoms with van der Waals surface area (Å²) in [7, 11) is 0. The Hall–Kier alpha value is -0.620. The highest BCUT2D eigenvalue weighted by atomic mass is 35.5. The third-order valence-electron chi connectivity index (χ3n) is 1.40. The van der Waals surface area contributed by atoms with Crippen LogP contribution < -0.4 is 0 Å². The molecule has 0 aromatic heterocycles. The Labute approximate surface area is 66.8 Å². The Bertz CT molecular complexity index is 216. The van der Waals surface area contributed by atoms with E-state index in [9.17, 15) is 0 Å². The second-order valence-electron chi connectivity index (χ2n) is 2.51. The van der Waals surface area contributed by atoms with E-state index in [-0.39, 0.29) is 0 Å². The molecule has 0 aliphatic rings. The number of hydrogen-bond acceptors (Lipinski definition) is 0. The van der Waals surface area contributed by atoms with E-state index in [4.69, 9.17) is 11.6 Å². The zero-order valence-electron chi connectivity index (χ0n) is 6.19. The van der Waals surface area contributed by atoms with Crippen LogP contribution in [0.3, 0.4) is 0 Å².